The highest BCUT2D eigenvalue weighted by Gasteiger charge is 2.19. The fourth-order valence-electron chi connectivity index (χ4n) is 2.70. The van der Waals surface area contributed by atoms with Crippen molar-refractivity contribution >= 4 is 5.69 Å². The number of anilines is 1. The predicted octanol–water partition coefficient (Wildman–Crippen LogP) is 3.95. The van der Waals surface area contributed by atoms with Gasteiger partial charge < -0.3 is 10.4 Å². The van der Waals surface area contributed by atoms with Gasteiger partial charge in [0.05, 0.1) is 6.10 Å². The number of rotatable bonds is 3. The Morgan fingerprint density at radius 3 is 2.16 bits per heavy atom. The van der Waals surface area contributed by atoms with E-state index in [0.29, 0.717) is 5.92 Å². The molecular formula is C17H27NO. The molecule has 0 bridgehead atoms. The zero-order valence-corrected chi connectivity index (χ0v) is 12.4. The Labute approximate surface area is 117 Å². The minimum Gasteiger partial charge on any atom is -0.393 e. The van der Waals surface area contributed by atoms with Crippen LogP contribution in [0, 0.1) is 5.92 Å². The fraction of sp³-hybridized carbons (Fsp3) is 0.647. The Kier molecular flexibility index (Phi) is 4.51. The maximum absolute atomic E-state index is 9.50. The van der Waals surface area contributed by atoms with Gasteiger partial charge in [-0.1, -0.05) is 32.9 Å². The third-order valence-corrected chi connectivity index (χ3v) is 4.16. The topological polar surface area (TPSA) is 32.3 Å². The van der Waals surface area contributed by atoms with Crippen molar-refractivity contribution in [3.63, 3.8) is 0 Å². The van der Waals surface area contributed by atoms with Gasteiger partial charge in [0.1, 0.15) is 0 Å². The van der Waals surface area contributed by atoms with Crippen LogP contribution in [0.5, 0.6) is 0 Å². The molecule has 1 aromatic rings. The van der Waals surface area contributed by atoms with E-state index in [1.54, 1.807) is 0 Å². The Balaban J connectivity index is 1.83. The molecule has 19 heavy (non-hydrogen) atoms. The van der Waals surface area contributed by atoms with Crippen LogP contribution in [0.3, 0.4) is 0 Å². The Hall–Kier alpha value is -1.02. The van der Waals surface area contributed by atoms with Crippen molar-refractivity contribution in [3.05, 3.63) is 29.8 Å². The molecule has 0 amide bonds. The molecule has 1 fully saturated rings. The zero-order valence-electron chi connectivity index (χ0n) is 12.4. The van der Waals surface area contributed by atoms with Crippen LogP contribution in [0.4, 0.5) is 5.69 Å². The molecule has 1 saturated carbocycles. The van der Waals surface area contributed by atoms with E-state index in [-0.39, 0.29) is 11.5 Å². The van der Waals surface area contributed by atoms with Gasteiger partial charge in [0.15, 0.2) is 0 Å². The summed E-state index contributed by atoms with van der Waals surface area (Å²) < 4.78 is 0. The van der Waals surface area contributed by atoms with Crippen LogP contribution in [0.15, 0.2) is 24.3 Å². The minimum atomic E-state index is -0.0534. The van der Waals surface area contributed by atoms with E-state index in [1.165, 1.54) is 11.3 Å². The highest BCUT2D eigenvalue weighted by atomic mass is 16.3. The molecule has 2 N–H and O–H groups in total. The summed E-state index contributed by atoms with van der Waals surface area (Å²) in [5.41, 5.74) is 2.80. The summed E-state index contributed by atoms with van der Waals surface area (Å²) in [6.45, 7) is 7.75. The normalized spacial score (nSPS) is 24.2. The van der Waals surface area contributed by atoms with Gasteiger partial charge in [-0.15, -0.1) is 0 Å². The smallest absolute Gasteiger partial charge is 0.0540 e. The Morgan fingerprint density at radius 1 is 1.05 bits per heavy atom. The fourth-order valence-corrected chi connectivity index (χ4v) is 2.70. The van der Waals surface area contributed by atoms with Crippen LogP contribution >= 0.6 is 0 Å². The van der Waals surface area contributed by atoms with E-state index >= 15 is 0 Å². The summed E-state index contributed by atoms with van der Waals surface area (Å²) in [6.07, 6.45) is 4.18. The molecule has 0 saturated heterocycles. The monoisotopic (exact) mass is 261 g/mol. The second-order valence-electron chi connectivity index (χ2n) is 6.88. The summed E-state index contributed by atoms with van der Waals surface area (Å²) in [4.78, 5) is 0. The van der Waals surface area contributed by atoms with Crippen LogP contribution in [-0.4, -0.2) is 17.8 Å². The second kappa shape index (κ2) is 5.96. The number of aliphatic hydroxyl groups excluding tert-OH is 1. The van der Waals surface area contributed by atoms with Gasteiger partial charge >= 0.3 is 0 Å². The molecule has 1 aliphatic carbocycles. The van der Waals surface area contributed by atoms with Crippen molar-refractivity contribution in [3.8, 4) is 0 Å². The number of hydrogen-bond donors (Lipinski definition) is 2. The summed E-state index contributed by atoms with van der Waals surface area (Å²) in [5, 5.41) is 13.0. The zero-order chi connectivity index (χ0) is 13.9. The van der Waals surface area contributed by atoms with Crippen LogP contribution in [-0.2, 0) is 5.41 Å². The molecule has 2 heteroatoms. The van der Waals surface area contributed by atoms with E-state index in [1.807, 2.05) is 0 Å². The SMILES string of the molecule is CC(C)(C)c1ccc(NCC2CCC(O)CC2)cc1. The predicted molar refractivity (Wildman–Crippen MR) is 81.6 cm³/mol. The molecule has 0 spiro atoms. The quantitative estimate of drug-likeness (QED) is 0.863. The lowest BCUT2D eigenvalue weighted by molar-refractivity contribution is 0.111. The van der Waals surface area contributed by atoms with Crippen LogP contribution < -0.4 is 5.32 Å². The van der Waals surface area contributed by atoms with Crippen molar-refractivity contribution in [2.75, 3.05) is 11.9 Å². The van der Waals surface area contributed by atoms with Crippen molar-refractivity contribution in [2.24, 2.45) is 5.92 Å². The number of aliphatic hydroxyl groups is 1. The number of nitrogens with one attached hydrogen (secondary N) is 1. The molecule has 0 atom stereocenters. The Morgan fingerprint density at radius 2 is 1.63 bits per heavy atom. The summed E-state index contributed by atoms with van der Waals surface area (Å²) in [7, 11) is 0. The molecule has 1 aliphatic rings. The molecule has 0 aromatic heterocycles. The van der Waals surface area contributed by atoms with Gasteiger partial charge in [-0.2, -0.15) is 0 Å². The molecule has 0 heterocycles. The Bertz CT molecular complexity index is 383. The highest BCUT2D eigenvalue weighted by molar-refractivity contribution is 5.45. The van der Waals surface area contributed by atoms with Gasteiger partial charge in [-0.3, -0.25) is 0 Å². The van der Waals surface area contributed by atoms with Crippen molar-refractivity contribution < 1.29 is 5.11 Å². The van der Waals surface area contributed by atoms with Crippen molar-refractivity contribution in [1.29, 1.82) is 0 Å². The molecule has 2 nitrogen and oxygen atoms in total. The van der Waals surface area contributed by atoms with Gasteiger partial charge in [0.25, 0.3) is 0 Å². The van der Waals surface area contributed by atoms with Gasteiger partial charge in [0, 0.05) is 12.2 Å². The van der Waals surface area contributed by atoms with Gasteiger partial charge in [-0.05, 0) is 54.7 Å². The summed E-state index contributed by atoms with van der Waals surface area (Å²) in [5.74, 6) is 0.714. The number of benzene rings is 1. The van der Waals surface area contributed by atoms with Crippen LogP contribution in [0.25, 0.3) is 0 Å². The first-order valence-electron chi connectivity index (χ1n) is 7.47. The molecule has 0 radical (unpaired) electrons. The first-order chi connectivity index (χ1) is 8.95. The maximum Gasteiger partial charge on any atom is 0.0540 e. The van der Waals surface area contributed by atoms with Crippen molar-refractivity contribution in [2.45, 2.75) is 58.0 Å². The standard InChI is InChI=1S/C17H27NO/c1-17(2,3)14-6-8-15(9-7-14)18-12-13-4-10-16(19)11-5-13/h6-9,13,16,18-19H,4-5,10-12H2,1-3H3. The van der Waals surface area contributed by atoms with Crippen LogP contribution in [0.1, 0.15) is 52.0 Å². The minimum absolute atomic E-state index is 0.0534. The molecular weight excluding hydrogens is 234 g/mol. The van der Waals surface area contributed by atoms with Crippen molar-refractivity contribution in [1.82, 2.24) is 0 Å². The van der Waals surface area contributed by atoms with E-state index < -0.39 is 0 Å². The third-order valence-electron chi connectivity index (χ3n) is 4.16. The third kappa shape index (κ3) is 4.24. The molecule has 1 aromatic carbocycles. The van der Waals surface area contributed by atoms with E-state index in [0.717, 1.165) is 32.2 Å². The number of hydrogen-bond acceptors (Lipinski definition) is 2. The molecule has 0 aliphatic heterocycles. The van der Waals surface area contributed by atoms with Gasteiger partial charge in [-0.25, -0.2) is 0 Å². The van der Waals surface area contributed by atoms with Gasteiger partial charge in [0.2, 0.25) is 0 Å². The van der Waals surface area contributed by atoms with E-state index in [9.17, 15) is 5.11 Å². The molecule has 0 unspecified atom stereocenters. The average Bonchev–Trinajstić information content (AvgIpc) is 2.37. The largest absolute Gasteiger partial charge is 0.393 e. The second-order valence-corrected chi connectivity index (χ2v) is 6.88. The summed E-state index contributed by atoms with van der Waals surface area (Å²) >= 11 is 0. The lowest BCUT2D eigenvalue weighted by Gasteiger charge is -2.26. The lowest BCUT2D eigenvalue weighted by Crippen LogP contribution is -2.23. The molecule has 2 rings (SSSR count). The van der Waals surface area contributed by atoms with Crippen LogP contribution in [0.2, 0.25) is 0 Å². The maximum atomic E-state index is 9.50. The first kappa shape index (κ1) is 14.4. The first-order valence-corrected chi connectivity index (χ1v) is 7.47. The van der Waals surface area contributed by atoms with E-state index in [4.69, 9.17) is 0 Å². The molecule has 106 valence electrons. The average molecular weight is 261 g/mol. The highest BCUT2D eigenvalue weighted by Crippen LogP contribution is 2.26. The lowest BCUT2D eigenvalue weighted by atomic mass is 9.86. The van der Waals surface area contributed by atoms with E-state index in [2.05, 4.69) is 50.4 Å². The summed E-state index contributed by atoms with van der Waals surface area (Å²) in [6, 6.07) is 8.79.